The predicted molar refractivity (Wildman–Crippen MR) is 59.1 cm³/mol. The average molecular weight is 236 g/mol. The Bertz CT molecular complexity index is 403. The number of carbonyl (C=O) groups excluding carboxylic acids is 2. The summed E-state index contributed by atoms with van der Waals surface area (Å²) in [4.78, 5) is 21.4. The van der Waals surface area contributed by atoms with Crippen LogP contribution in [-0.2, 0) is 16.1 Å². The summed E-state index contributed by atoms with van der Waals surface area (Å²) in [6, 6.07) is 7.30. The maximum atomic E-state index is 11.3. The summed E-state index contributed by atoms with van der Waals surface area (Å²) < 4.78 is 5.12. The summed E-state index contributed by atoms with van der Waals surface area (Å²) in [6.07, 6.45) is -0.338. The number of ether oxygens (including phenoxy) is 1. The van der Waals surface area contributed by atoms with Crippen LogP contribution in [0.2, 0.25) is 0 Å². The second-order valence-corrected chi connectivity index (χ2v) is 3.46. The van der Waals surface area contributed by atoms with Crippen molar-refractivity contribution >= 4 is 11.9 Å². The molecule has 17 heavy (non-hydrogen) atoms. The molecule has 0 heterocycles. The minimum absolute atomic E-state index is 0.0719. The number of carboxylic acid groups (broad SMARTS) is 1. The lowest BCUT2D eigenvalue weighted by Gasteiger charge is -2.09. The van der Waals surface area contributed by atoms with Crippen molar-refractivity contribution in [2.24, 2.45) is 0 Å². The number of hydrogen-bond donors (Lipinski definition) is 1. The van der Waals surface area contributed by atoms with Gasteiger partial charge in [-0.1, -0.05) is 18.2 Å². The quantitative estimate of drug-likeness (QED) is 0.744. The first-order chi connectivity index (χ1) is 8.13. The molecule has 5 nitrogen and oxygen atoms in total. The van der Waals surface area contributed by atoms with Gasteiger partial charge in [-0.25, -0.2) is 0 Å². The zero-order chi connectivity index (χ0) is 12.7. The molecule has 0 fully saturated rings. The van der Waals surface area contributed by atoms with Gasteiger partial charge in [-0.05, 0) is 12.5 Å². The van der Waals surface area contributed by atoms with Gasteiger partial charge in [0.1, 0.15) is 5.75 Å². The van der Waals surface area contributed by atoms with Crippen LogP contribution in [0.25, 0.3) is 0 Å². The molecule has 1 aromatic carbocycles. The van der Waals surface area contributed by atoms with Crippen molar-refractivity contribution in [1.29, 1.82) is 0 Å². The minimum atomic E-state index is -1.22. The van der Waals surface area contributed by atoms with Crippen molar-refractivity contribution in [2.75, 3.05) is 7.11 Å². The molecule has 1 N–H and O–H groups in total. The summed E-state index contributed by atoms with van der Waals surface area (Å²) in [6.45, 7) is 0.315. The van der Waals surface area contributed by atoms with Crippen LogP contribution in [-0.4, -0.2) is 19.0 Å². The number of aliphatic carboxylic acids is 1. The van der Waals surface area contributed by atoms with Gasteiger partial charge in [0.2, 0.25) is 5.91 Å². The van der Waals surface area contributed by atoms with Crippen LogP contribution in [0, 0.1) is 0 Å². The molecule has 0 atom stereocenters. The monoisotopic (exact) mass is 236 g/mol. The van der Waals surface area contributed by atoms with E-state index in [-0.39, 0.29) is 18.7 Å². The molecule has 0 bridgehead atoms. The molecule has 0 radical (unpaired) electrons. The molecule has 1 aromatic rings. The Morgan fingerprint density at radius 3 is 2.65 bits per heavy atom. The molecule has 1 rings (SSSR count). The number of methoxy groups -OCH3 is 1. The van der Waals surface area contributed by atoms with Crippen LogP contribution in [0.4, 0.5) is 0 Å². The third-order valence-electron chi connectivity index (χ3n) is 2.22. The minimum Gasteiger partial charge on any atom is -0.550 e. The second kappa shape index (κ2) is 6.52. The third kappa shape index (κ3) is 4.55. The molecule has 0 saturated heterocycles. The van der Waals surface area contributed by atoms with E-state index in [1.165, 1.54) is 0 Å². The van der Waals surface area contributed by atoms with Crippen LogP contribution in [0.15, 0.2) is 24.3 Å². The fourth-order valence-corrected chi connectivity index (χ4v) is 1.35. The first-order valence-electron chi connectivity index (χ1n) is 5.22. The molecule has 0 unspecified atom stereocenters. The van der Waals surface area contributed by atoms with Crippen LogP contribution in [0.5, 0.6) is 5.75 Å². The van der Waals surface area contributed by atoms with Gasteiger partial charge < -0.3 is 20.0 Å². The topological polar surface area (TPSA) is 78.5 Å². The van der Waals surface area contributed by atoms with E-state index >= 15 is 0 Å². The third-order valence-corrected chi connectivity index (χ3v) is 2.22. The number of hydrogen-bond acceptors (Lipinski definition) is 4. The highest BCUT2D eigenvalue weighted by Gasteiger charge is 2.04. The van der Waals surface area contributed by atoms with Crippen molar-refractivity contribution < 1.29 is 19.4 Å². The van der Waals surface area contributed by atoms with Crippen LogP contribution >= 0.6 is 0 Å². The molecule has 0 aliphatic heterocycles. The van der Waals surface area contributed by atoms with Gasteiger partial charge in [0.15, 0.2) is 0 Å². The van der Waals surface area contributed by atoms with E-state index in [9.17, 15) is 14.7 Å². The molecule has 0 spiro atoms. The SMILES string of the molecule is COc1ccccc1CNC(=O)CCC(=O)[O-]. The van der Waals surface area contributed by atoms with Gasteiger partial charge in [0.05, 0.1) is 7.11 Å². The van der Waals surface area contributed by atoms with Crippen molar-refractivity contribution in [3.8, 4) is 5.75 Å². The lowest BCUT2D eigenvalue weighted by molar-refractivity contribution is -0.305. The first kappa shape index (κ1) is 13.0. The normalized spacial score (nSPS) is 9.71. The van der Waals surface area contributed by atoms with E-state index in [2.05, 4.69) is 5.32 Å². The van der Waals surface area contributed by atoms with Gasteiger partial charge in [0.25, 0.3) is 0 Å². The predicted octanol–water partition coefficient (Wildman–Crippen LogP) is -0.159. The first-order valence-corrected chi connectivity index (χ1v) is 5.22. The zero-order valence-corrected chi connectivity index (χ0v) is 9.56. The van der Waals surface area contributed by atoms with Crippen LogP contribution < -0.4 is 15.2 Å². The smallest absolute Gasteiger partial charge is 0.220 e. The maximum absolute atomic E-state index is 11.3. The summed E-state index contributed by atoms with van der Waals surface area (Å²) in [7, 11) is 1.55. The maximum Gasteiger partial charge on any atom is 0.220 e. The number of carbonyl (C=O) groups is 2. The van der Waals surface area contributed by atoms with Gasteiger partial charge in [0, 0.05) is 24.5 Å². The molecule has 0 aliphatic carbocycles. The molecule has 0 aliphatic rings. The number of amides is 1. The van der Waals surface area contributed by atoms with E-state index in [1.807, 2.05) is 18.2 Å². The zero-order valence-electron chi connectivity index (χ0n) is 9.56. The lowest BCUT2D eigenvalue weighted by Crippen LogP contribution is -2.27. The van der Waals surface area contributed by atoms with E-state index < -0.39 is 5.97 Å². The second-order valence-electron chi connectivity index (χ2n) is 3.46. The Balaban J connectivity index is 2.44. The summed E-state index contributed by atoms with van der Waals surface area (Å²) in [5.41, 5.74) is 0.844. The fourth-order valence-electron chi connectivity index (χ4n) is 1.35. The highest BCUT2D eigenvalue weighted by Crippen LogP contribution is 2.16. The average Bonchev–Trinajstić information content (AvgIpc) is 2.34. The molecule has 0 saturated carbocycles. The molecular formula is C12H14NO4-. The molecule has 1 amide bonds. The van der Waals surface area contributed by atoms with E-state index in [4.69, 9.17) is 4.74 Å². The van der Waals surface area contributed by atoms with Crippen molar-refractivity contribution in [1.82, 2.24) is 5.32 Å². The number of benzene rings is 1. The summed E-state index contributed by atoms with van der Waals surface area (Å²) >= 11 is 0. The Morgan fingerprint density at radius 2 is 2.00 bits per heavy atom. The standard InChI is InChI=1S/C12H15NO4/c1-17-10-5-3-2-4-9(10)8-13-11(14)6-7-12(15)16/h2-5H,6-8H2,1H3,(H,13,14)(H,15,16)/p-1. The van der Waals surface area contributed by atoms with Gasteiger partial charge in [-0.2, -0.15) is 0 Å². The largest absolute Gasteiger partial charge is 0.550 e. The van der Waals surface area contributed by atoms with Gasteiger partial charge >= 0.3 is 0 Å². The fraction of sp³-hybridized carbons (Fsp3) is 0.333. The van der Waals surface area contributed by atoms with E-state index in [0.29, 0.717) is 12.3 Å². The summed E-state index contributed by atoms with van der Waals surface area (Å²) in [5.74, 6) is -0.856. The van der Waals surface area contributed by atoms with Crippen LogP contribution in [0.3, 0.4) is 0 Å². The molecule has 92 valence electrons. The number of nitrogens with one attached hydrogen (secondary N) is 1. The van der Waals surface area contributed by atoms with E-state index in [0.717, 1.165) is 5.56 Å². The number of carboxylic acids is 1. The Hall–Kier alpha value is -2.04. The number of para-hydroxylation sites is 1. The van der Waals surface area contributed by atoms with Gasteiger partial charge in [-0.3, -0.25) is 4.79 Å². The lowest BCUT2D eigenvalue weighted by atomic mass is 10.2. The highest BCUT2D eigenvalue weighted by atomic mass is 16.5. The molecule has 5 heteroatoms. The van der Waals surface area contributed by atoms with Gasteiger partial charge in [-0.15, -0.1) is 0 Å². The van der Waals surface area contributed by atoms with E-state index in [1.54, 1.807) is 13.2 Å². The Morgan fingerprint density at radius 1 is 1.29 bits per heavy atom. The molecular weight excluding hydrogens is 222 g/mol. The van der Waals surface area contributed by atoms with Crippen LogP contribution in [0.1, 0.15) is 18.4 Å². The Labute approximate surface area is 99.4 Å². The number of rotatable bonds is 6. The summed E-state index contributed by atoms with van der Waals surface area (Å²) in [5, 5.41) is 12.8. The highest BCUT2D eigenvalue weighted by molar-refractivity contribution is 5.80. The van der Waals surface area contributed by atoms with Crippen molar-refractivity contribution in [3.63, 3.8) is 0 Å². The Kier molecular flexibility index (Phi) is 5.00. The van der Waals surface area contributed by atoms with Crippen molar-refractivity contribution in [3.05, 3.63) is 29.8 Å². The van der Waals surface area contributed by atoms with Crippen molar-refractivity contribution in [2.45, 2.75) is 19.4 Å². The molecule has 0 aromatic heterocycles.